The number of ether oxygens (including phenoxy) is 1. The molecule has 0 aromatic heterocycles. The summed E-state index contributed by atoms with van der Waals surface area (Å²) in [5, 5.41) is 0. The van der Waals surface area contributed by atoms with Gasteiger partial charge >= 0.3 is 5.97 Å². The lowest BCUT2D eigenvalue weighted by Gasteiger charge is -2.10. The second-order valence-corrected chi connectivity index (χ2v) is 4.82. The number of benzene rings is 2. The van der Waals surface area contributed by atoms with Crippen LogP contribution in [0.1, 0.15) is 37.4 Å². The van der Waals surface area contributed by atoms with E-state index in [-0.39, 0.29) is 5.78 Å². The standard InChI is InChI=1S/C17H14O3/c1-20-17(19)14-8-4-6-12-10-9-11-5-2-3-7-13(11)16(18)15(12)14/h2-8H,9-10H2,1H3. The van der Waals surface area contributed by atoms with Crippen molar-refractivity contribution < 1.29 is 14.3 Å². The Labute approximate surface area is 117 Å². The van der Waals surface area contributed by atoms with Crippen LogP contribution in [-0.2, 0) is 17.6 Å². The molecule has 20 heavy (non-hydrogen) atoms. The van der Waals surface area contributed by atoms with Gasteiger partial charge in [-0.2, -0.15) is 0 Å². The number of carbonyl (C=O) groups is 2. The summed E-state index contributed by atoms with van der Waals surface area (Å²) in [5.74, 6) is -0.552. The zero-order valence-corrected chi connectivity index (χ0v) is 11.2. The second-order valence-electron chi connectivity index (χ2n) is 4.82. The maximum absolute atomic E-state index is 12.8. The average Bonchev–Trinajstić information content (AvgIpc) is 2.64. The van der Waals surface area contributed by atoms with E-state index >= 15 is 0 Å². The Morgan fingerprint density at radius 1 is 1.00 bits per heavy atom. The third-order valence-electron chi connectivity index (χ3n) is 3.71. The van der Waals surface area contributed by atoms with Crippen LogP contribution < -0.4 is 0 Å². The number of ketones is 1. The Bertz CT molecular complexity index is 701. The Balaban J connectivity index is 2.23. The molecule has 0 radical (unpaired) electrons. The van der Waals surface area contributed by atoms with Crippen LogP contribution in [0, 0.1) is 0 Å². The van der Waals surface area contributed by atoms with E-state index < -0.39 is 5.97 Å². The van der Waals surface area contributed by atoms with Gasteiger partial charge in [0.2, 0.25) is 0 Å². The van der Waals surface area contributed by atoms with Crippen molar-refractivity contribution in [3.05, 3.63) is 70.3 Å². The number of esters is 1. The van der Waals surface area contributed by atoms with Crippen LogP contribution in [0.15, 0.2) is 42.5 Å². The third-order valence-corrected chi connectivity index (χ3v) is 3.71. The molecule has 1 aliphatic carbocycles. The average molecular weight is 266 g/mol. The first-order chi connectivity index (χ1) is 9.72. The molecule has 0 saturated heterocycles. The molecule has 3 heteroatoms. The molecule has 0 spiro atoms. The van der Waals surface area contributed by atoms with Gasteiger partial charge in [0.25, 0.3) is 0 Å². The molecule has 0 heterocycles. The van der Waals surface area contributed by atoms with Crippen LogP contribution in [0.25, 0.3) is 0 Å². The molecule has 3 nitrogen and oxygen atoms in total. The van der Waals surface area contributed by atoms with Crippen molar-refractivity contribution in [3.63, 3.8) is 0 Å². The zero-order chi connectivity index (χ0) is 14.1. The van der Waals surface area contributed by atoms with Crippen molar-refractivity contribution in [2.75, 3.05) is 7.11 Å². The van der Waals surface area contributed by atoms with Gasteiger partial charge < -0.3 is 4.74 Å². The topological polar surface area (TPSA) is 43.4 Å². The third kappa shape index (κ3) is 1.92. The molecule has 0 amide bonds. The fourth-order valence-corrected chi connectivity index (χ4v) is 2.72. The van der Waals surface area contributed by atoms with Crippen LogP contribution in [0.5, 0.6) is 0 Å². The van der Waals surface area contributed by atoms with E-state index in [4.69, 9.17) is 4.74 Å². The first-order valence-corrected chi connectivity index (χ1v) is 6.55. The van der Waals surface area contributed by atoms with E-state index in [0.717, 1.165) is 24.0 Å². The highest BCUT2D eigenvalue weighted by Gasteiger charge is 2.26. The van der Waals surface area contributed by atoms with Crippen LogP contribution in [0.2, 0.25) is 0 Å². The number of hydrogen-bond donors (Lipinski definition) is 0. The van der Waals surface area contributed by atoms with Crippen LogP contribution in [0.3, 0.4) is 0 Å². The first kappa shape index (κ1) is 12.6. The van der Waals surface area contributed by atoms with Crippen molar-refractivity contribution in [1.82, 2.24) is 0 Å². The molecular weight excluding hydrogens is 252 g/mol. The van der Waals surface area contributed by atoms with Crippen molar-refractivity contribution in [3.8, 4) is 0 Å². The molecule has 2 aromatic carbocycles. The summed E-state index contributed by atoms with van der Waals surface area (Å²) >= 11 is 0. The van der Waals surface area contributed by atoms with Crippen LogP contribution in [-0.4, -0.2) is 18.9 Å². The molecule has 0 saturated carbocycles. The lowest BCUT2D eigenvalue weighted by Crippen LogP contribution is -2.13. The van der Waals surface area contributed by atoms with E-state index in [2.05, 4.69) is 0 Å². The summed E-state index contributed by atoms with van der Waals surface area (Å²) in [7, 11) is 1.33. The van der Waals surface area contributed by atoms with Gasteiger partial charge in [-0.25, -0.2) is 4.79 Å². The van der Waals surface area contributed by atoms with E-state index in [1.54, 1.807) is 12.1 Å². The molecule has 0 aliphatic heterocycles. The zero-order valence-electron chi connectivity index (χ0n) is 11.2. The van der Waals surface area contributed by atoms with Crippen molar-refractivity contribution in [2.45, 2.75) is 12.8 Å². The van der Waals surface area contributed by atoms with Gasteiger partial charge in [-0.15, -0.1) is 0 Å². The predicted molar refractivity (Wildman–Crippen MR) is 75.1 cm³/mol. The highest BCUT2D eigenvalue weighted by Crippen LogP contribution is 2.27. The van der Waals surface area contributed by atoms with Gasteiger partial charge in [0.1, 0.15) is 0 Å². The second kappa shape index (κ2) is 4.93. The molecule has 0 bridgehead atoms. The molecule has 2 aromatic rings. The van der Waals surface area contributed by atoms with E-state index in [1.807, 2.05) is 30.3 Å². The number of methoxy groups -OCH3 is 1. The smallest absolute Gasteiger partial charge is 0.338 e. The number of fused-ring (bicyclic) bond motifs is 2. The van der Waals surface area contributed by atoms with Crippen molar-refractivity contribution in [1.29, 1.82) is 0 Å². The summed E-state index contributed by atoms with van der Waals surface area (Å²) < 4.78 is 4.79. The number of carbonyl (C=O) groups excluding carboxylic acids is 2. The normalized spacial score (nSPS) is 13.2. The molecule has 0 fully saturated rings. The Morgan fingerprint density at radius 3 is 2.50 bits per heavy atom. The van der Waals surface area contributed by atoms with Crippen LogP contribution in [0.4, 0.5) is 0 Å². The molecule has 0 N–H and O–H groups in total. The molecule has 3 rings (SSSR count). The van der Waals surface area contributed by atoms with E-state index in [1.165, 1.54) is 7.11 Å². The SMILES string of the molecule is COC(=O)c1cccc2c1C(=O)c1ccccc1CC2. The summed E-state index contributed by atoms with van der Waals surface area (Å²) in [4.78, 5) is 24.6. The monoisotopic (exact) mass is 266 g/mol. The minimum Gasteiger partial charge on any atom is -0.465 e. The number of hydrogen-bond acceptors (Lipinski definition) is 3. The van der Waals surface area contributed by atoms with Gasteiger partial charge in [0.15, 0.2) is 5.78 Å². The molecule has 0 unspecified atom stereocenters. The van der Waals surface area contributed by atoms with Gasteiger partial charge in [-0.3, -0.25) is 4.79 Å². The fourth-order valence-electron chi connectivity index (χ4n) is 2.72. The number of rotatable bonds is 1. The first-order valence-electron chi connectivity index (χ1n) is 6.55. The lowest BCUT2D eigenvalue weighted by molar-refractivity contribution is 0.0597. The van der Waals surface area contributed by atoms with Gasteiger partial charge in [0.05, 0.1) is 12.7 Å². The molecule has 0 atom stereocenters. The lowest BCUT2D eigenvalue weighted by atomic mass is 9.94. The highest BCUT2D eigenvalue weighted by atomic mass is 16.5. The minimum absolute atomic E-state index is 0.0888. The summed E-state index contributed by atoms with van der Waals surface area (Å²) in [6, 6.07) is 12.9. The highest BCUT2D eigenvalue weighted by molar-refractivity contribution is 6.16. The molecule has 1 aliphatic rings. The van der Waals surface area contributed by atoms with E-state index in [9.17, 15) is 9.59 Å². The van der Waals surface area contributed by atoms with Gasteiger partial charge in [-0.1, -0.05) is 36.4 Å². The Kier molecular flexibility index (Phi) is 3.11. The van der Waals surface area contributed by atoms with Crippen molar-refractivity contribution >= 4 is 11.8 Å². The fraction of sp³-hybridized carbons (Fsp3) is 0.176. The van der Waals surface area contributed by atoms with Gasteiger partial charge in [-0.05, 0) is 30.0 Å². The Hall–Kier alpha value is -2.42. The van der Waals surface area contributed by atoms with Crippen LogP contribution >= 0.6 is 0 Å². The maximum Gasteiger partial charge on any atom is 0.338 e. The summed E-state index contributed by atoms with van der Waals surface area (Å²) in [5.41, 5.74) is 3.47. The quantitative estimate of drug-likeness (QED) is 0.745. The van der Waals surface area contributed by atoms with Crippen molar-refractivity contribution in [2.24, 2.45) is 0 Å². The Morgan fingerprint density at radius 2 is 1.70 bits per heavy atom. The van der Waals surface area contributed by atoms with E-state index in [0.29, 0.717) is 16.7 Å². The largest absolute Gasteiger partial charge is 0.465 e. The van der Waals surface area contributed by atoms with Gasteiger partial charge in [0, 0.05) is 11.1 Å². The maximum atomic E-state index is 12.8. The minimum atomic E-state index is -0.463. The molecular formula is C17H14O3. The summed E-state index contributed by atoms with van der Waals surface area (Å²) in [6.45, 7) is 0. The number of aryl methyl sites for hydroxylation is 2. The predicted octanol–water partition coefficient (Wildman–Crippen LogP) is 2.80. The summed E-state index contributed by atoms with van der Waals surface area (Å²) in [6.07, 6.45) is 1.56. The molecule has 100 valence electrons.